The summed E-state index contributed by atoms with van der Waals surface area (Å²) in [5.41, 5.74) is -0.0896. The minimum atomic E-state index is -3.57. The molecule has 0 radical (unpaired) electrons. The van der Waals surface area contributed by atoms with Crippen molar-refractivity contribution in [3.05, 3.63) is 56.5 Å². The summed E-state index contributed by atoms with van der Waals surface area (Å²) in [6.07, 6.45) is 1.70. The number of carbonyl (C=O) groups is 1. The molecular formula is C19H23N5O6S. The van der Waals surface area contributed by atoms with Gasteiger partial charge in [0.15, 0.2) is 9.84 Å². The zero-order valence-electron chi connectivity index (χ0n) is 17.2. The Labute approximate surface area is 179 Å². The molecule has 0 bridgehead atoms. The Morgan fingerprint density at radius 3 is 2.42 bits per heavy atom. The van der Waals surface area contributed by atoms with Crippen LogP contribution < -0.4 is 10.5 Å². The standard InChI is InChI=1S/C19H23N5O6S/c1-3-8-23-18(25)7-5-15(20-23)19(26)22-11-9-21(10-12-22)16-6-4-14(31(2,29)30)13-17(16)24(27)28/h4-7,13H,3,8-12H2,1-2H3. The van der Waals surface area contributed by atoms with Gasteiger partial charge in [-0.3, -0.25) is 19.7 Å². The van der Waals surface area contributed by atoms with Gasteiger partial charge in [0, 0.05) is 51.1 Å². The molecule has 0 saturated carbocycles. The van der Waals surface area contributed by atoms with Crippen LogP contribution in [0.2, 0.25) is 0 Å². The number of aromatic nitrogens is 2. The first-order chi connectivity index (χ1) is 14.6. The first kappa shape index (κ1) is 22.4. The number of piperazine rings is 1. The Kier molecular flexibility index (Phi) is 6.39. The second-order valence-electron chi connectivity index (χ2n) is 7.24. The first-order valence-corrected chi connectivity index (χ1v) is 11.6. The highest BCUT2D eigenvalue weighted by atomic mass is 32.2. The lowest BCUT2D eigenvalue weighted by molar-refractivity contribution is -0.384. The third-order valence-electron chi connectivity index (χ3n) is 5.00. The molecule has 0 spiro atoms. The van der Waals surface area contributed by atoms with E-state index < -0.39 is 14.8 Å². The van der Waals surface area contributed by atoms with Gasteiger partial charge < -0.3 is 9.80 Å². The van der Waals surface area contributed by atoms with Crippen LogP contribution in [-0.4, -0.2) is 66.4 Å². The largest absolute Gasteiger partial charge is 0.362 e. The number of hydrogen-bond donors (Lipinski definition) is 0. The van der Waals surface area contributed by atoms with Crippen LogP contribution in [0.25, 0.3) is 0 Å². The van der Waals surface area contributed by atoms with Crippen LogP contribution in [0.5, 0.6) is 0 Å². The quantitative estimate of drug-likeness (QED) is 0.469. The van der Waals surface area contributed by atoms with Crippen LogP contribution in [0.4, 0.5) is 11.4 Å². The Morgan fingerprint density at radius 2 is 1.84 bits per heavy atom. The highest BCUT2D eigenvalue weighted by Crippen LogP contribution is 2.31. The van der Waals surface area contributed by atoms with Crippen molar-refractivity contribution in [3.8, 4) is 0 Å². The van der Waals surface area contributed by atoms with Gasteiger partial charge in [0.25, 0.3) is 17.2 Å². The number of aryl methyl sites for hydroxylation is 1. The molecule has 166 valence electrons. The van der Waals surface area contributed by atoms with E-state index in [-0.39, 0.29) is 27.7 Å². The van der Waals surface area contributed by atoms with Crippen LogP contribution in [0.1, 0.15) is 23.8 Å². The normalized spacial score (nSPS) is 14.5. The molecule has 12 heteroatoms. The fourth-order valence-electron chi connectivity index (χ4n) is 3.39. The summed E-state index contributed by atoms with van der Waals surface area (Å²) in [4.78, 5) is 38.7. The summed E-state index contributed by atoms with van der Waals surface area (Å²) in [5, 5.41) is 15.6. The summed E-state index contributed by atoms with van der Waals surface area (Å²) < 4.78 is 24.7. The fourth-order valence-corrected chi connectivity index (χ4v) is 4.04. The van der Waals surface area contributed by atoms with Crippen molar-refractivity contribution in [3.63, 3.8) is 0 Å². The maximum atomic E-state index is 12.8. The molecule has 2 aromatic rings. The van der Waals surface area contributed by atoms with Gasteiger partial charge >= 0.3 is 0 Å². The van der Waals surface area contributed by atoms with Gasteiger partial charge in [-0.1, -0.05) is 6.92 Å². The maximum absolute atomic E-state index is 12.8. The smallest absolute Gasteiger partial charge is 0.293 e. The Morgan fingerprint density at radius 1 is 1.16 bits per heavy atom. The molecule has 1 fully saturated rings. The fraction of sp³-hybridized carbons (Fsp3) is 0.421. The predicted molar refractivity (Wildman–Crippen MR) is 113 cm³/mol. The van der Waals surface area contributed by atoms with Gasteiger partial charge in [-0.2, -0.15) is 5.10 Å². The second-order valence-corrected chi connectivity index (χ2v) is 9.25. The van der Waals surface area contributed by atoms with Crippen LogP contribution in [0.15, 0.2) is 40.0 Å². The van der Waals surface area contributed by atoms with Crippen molar-refractivity contribution >= 4 is 27.1 Å². The molecule has 0 atom stereocenters. The monoisotopic (exact) mass is 449 g/mol. The molecule has 0 unspecified atom stereocenters. The summed E-state index contributed by atoms with van der Waals surface area (Å²) in [6, 6.07) is 6.55. The number of sulfone groups is 1. The Hall–Kier alpha value is -3.28. The molecule has 0 N–H and O–H groups in total. The highest BCUT2D eigenvalue weighted by Gasteiger charge is 2.28. The molecule has 1 aromatic carbocycles. The van der Waals surface area contributed by atoms with Crippen molar-refractivity contribution in [1.29, 1.82) is 0 Å². The van der Waals surface area contributed by atoms with E-state index in [1.807, 2.05) is 6.92 Å². The van der Waals surface area contributed by atoms with E-state index in [1.165, 1.54) is 28.9 Å². The number of nitro groups is 1. The van der Waals surface area contributed by atoms with Crippen LogP contribution >= 0.6 is 0 Å². The Balaban J connectivity index is 1.77. The summed E-state index contributed by atoms with van der Waals surface area (Å²) >= 11 is 0. The van der Waals surface area contributed by atoms with Crippen molar-refractivity contribution in [2.45, 2.75) is 24.8 Å². The van der Waals surface area contributed by atoms with Gasteiger partial charge in [0.2, 0.25) is 0 Å². The highest BCUT2D eigenvalue weighted by molar-refractivity contribution is 7.90. The van der Waals surface area contributed by atoms with Crippen molar-refractivity contribution in [1.82, 2.24) is 14.7 Å². The second kappa shape index (κ2) is 8.84. The van der Waals surface area contributed by atoms with Crippen molar-refractivity contribution < 1.29 is 18.1 Å². The molecule has 1 amide bonds. The molecule has 1 aromatic heterocycles. The molecule has 0 aliphatic carbocycles. The minimum Gasteiger partial charge on any atom is -0.362 e. The lowest BCUT2D eigenvalue weighted by Crippen LogP contribution is -2.49. The predicted octanol–water partition coefficient (Wildman–Crippen LogP) is 0.927. The Bertz CT molecular complexity index is 1170. The maximum Gasteiger partial charge on any atom is 0.293 e. The van der Waals surface area contributed by atoms with E-state index in [1.54, 1.807) is 9.80 Å². The zero-order chi connectivity index (χ0) is 22.8. The third kappa shape index (κ3) is 4.90. The summed E-state index contributed by atoms with van der Waals surface area (Å²) in [7, 11) is -3.57. The van der Waals surface area contributed by atoms with E-state index in [9.17, 15) is 28.1 Å². The first-order valence-electron chi connectivity index (χ1n) is 9.72. The van der Waals surface area contributed by atoms with Crippen LogP contribution in [0.3, 0.4) is 0 Å². The number of amides is 1. The average Bonchev–Trinajstić information content (AvgIpc) is 2.74. The minimum absolute atomic E-state index is 0.120. The zero-order valence-corrected chi connectivity index (χ0v) is 18.0. The number of benzene rings is 1. The molecule has 1 aliphatic heterocycles. The molecule has 1 saturated heterocycles. The number of nitrogens with zero attached hydrogens (tertiary/aromatic N) is 5. The molecule has 2 heterocycles. The average molecular weight is 449 g/mol. The van der Waals surface area contributed by atoms with E-state index >= 15 is 0 Å². The summed E-state index contributed by atoms with van der Waals surface area (Å²) in [5.74, 6) is -0.313. The van der Waals surface area contributed by atoms with Gasteiger partial charge in [0.1, 0.15) is 11.4 Å². The van der Waals surface area contributed by atoms with Gasteiger partial charge in [-0.15, -0.1) is 0 Å². The summed E-state index contributed by atoms with van der Waals surface area (Å²) in [6.45, 7) is 3.60. The van der Waals surface area contributed by atoms with E-state index in [4.69, 9.17) is 0 Å². The lowest BCUT2D eigenvalue weighted by atomic mass is 10.2. The molecular weight excluding hydrogens is 426 g/mol. The van der Waals surface area contributed by atoms with Gasteiger partial charge in [-0.05, 0) is 24.6 Å². The third-order valence-corrected chi connectivity index (χ3v) is 6.11. The van der Waals surface area contributed by atoms with Gasteiger partial charge in [-0.25, -0.2) is 13.1 Å². The lowest BCUT2D eigenvalue weighted by Gasteiger charge is -2.35. The van der Waals surface area contributed by atoms with E-state index in [0.29, 0.717) is 44.8 Å². The van der Waals surface area contributed by atoms with Crippen LogP contribution in [-0.2, 0) is 16.4 Å². The number of nitro benzene ring substituents is 1. The number of hydrogen-bond acceptors (Lipinski definition) is 8. The molecule has 3 rings (SSSR count). The van der Waals surface area contributed by atoms with E-state index in [2.05, 4.69) is 5.10 Å². The topological polar surface area (TPSA) is 136 Å². The van der Waals surface area contributed by atoms with Gasteiger partial charge in [0.05, 0.1) is 9.82 Å². The number of rotatable bonds is 6. The number of anilines is 1. The molecule has 1 aliphatic rings. The number of carbonyl (C=O) groups excluding carboxylic acids is 1. The van der Waals surface area contributed by atoms with Crippen molar-refractivity contribution in [2.24, 2.45) is 0 Å². The SMILES string of the molecule is CCCn1nc(C(=O)N2CCN(c3ccc(S(C)(=O)=O)cc3[N+](=O)[O-])CC2)ccc1=O. The molecule has 31 heavy (non-hydrogen) atoms. The molecule has 11 nitrogen and oxygen atoms in total. The van der Waals surface area contributed by atoms with Crippen LogP contribution in [0, 0.1) is 10.1 Å². The van der Waals surface area contributed by atoms with E-state index in [0.717, 1.165) is 12.3 Å². The van der Waals surface area contributed by atoms with Crippen molar-refractivity contribution in [2.75, 3.05) is 37.3 Å².